The molecule has 0 saturated carbocycles. The Morgan fingerprint density at radius 3 is 2.50 bits per heavy atom. The Balaban J connectivity index is 1.13. The minimum Gasteiger partial charge on any atom is -0.378 e. The molecule has 0 bridgehead atoms. The van der Waals surface area contributed by atoms with E-state index in [4.69, 9.17) is 4.74 Å². The molecule has 0 aliphatic carbocycles. The van der Waals surface area contributed by atoms with Gasteiger partial charge in [-0.05, 0) is 61.5 Å². The predicted octanol–water partition coefficient (Wildman–Crippen LogP) is 5.18. The van der Waals surface area contributed by atoms with Gasteiger partial charge in [0.2, 0.25) is 0 Å². The fourth-order valence-electron chi connectivity index (χ4n) is 4.95. The van der Waals surface area contributed by atoms with E-state index in [-0.39, 0.29) is 11.8 Å². The largest absolute Gasteiger partial charge is 0.378 e. The lowest BCUT2D eigenvalue weighted by Crippen LogP contribution is -2.29. The van der Waals surface area contributed by atoms with Gasteiger partial charge in [-0.25, -0.2) is 0 Å². The van der Waals surface area contributed by atoms with Gasteiger partial charge in [-0.1, -0.05) is 42.3 Å². The van der Waals surface area contributed by atoms with Gasteiger partial charge in [-0.15, -0.1) is 11.3 Å². The summed E-state index contributed by atoms with van der Waals surface area (Å²) in [5, 5.41) is 13.3. The van der Waals surface area contributed by atoms with Crippen LogP contribution in [0.5, 0.6) is 0 Å². The summed E-state index contributed by atoms with van der Waals surface area (Å²) in [6.45, 7) is 5.35. The van der Waals surface area contributed by atoms with Gasteiger partial charge in [0.15, 0.2) is 0 Å². The zero-order chi connectivity index (χ0) is 29.3. The summed E-state index contributed by atoms with van der Waals surface area (Å²) in [5.41, 5.74) is 6.29. The van der Waals surface area contributed by atoms with E-state index in [1.54, 1.807) is 23.5 Å². The van der Waals surface area contributed by atoms with Crippen molar-refractivity contribution in [3.05, 3.63) is 94.9 Å². The molecule has 7 nitrogen and oxygen atoms in total. The molecule has 0 saturated heterocycles. The number of fused-ring (bicyclic) bond motifs is 3. The first-order chi connectivity index (χ1) is 20.6. The molecule has 2 aromatic heterocycles. The molecule has 3 N–H and O–H groups in total. The average Bonchev–Trinajstić information content (AvgIpc) is 3.62. The second kappa shape index (κ2) is 14.0. The molecule has 0 fully saturated rings. The normalized spacial score (nSPS) is 10.9. The fraction of sp³-hybridized carbons (Fsp3) is 0.235. The van der Waals surface area contributed by atoms with Crippen LogP contribution in [-0.4, -0.2) is 49.7 Å². The van der Waals surface area contributed by atoms with Crippen molar-refractivity contribution < 1.29 is 14.3 Å². The zero-order valence-corrected chi connectivity index (χ0v) is 24.6. The van der Waals surface area contributed by atoms with Crippen LogP contribution in [0.4, 0.5) is 0 Å². The van der Waals surface area contributed by atoms with Gasteiger partial charge in [-0.2, -0.15) is 0 Å². The molecule has 5 aromatic rings. The highest BCUT2D eigenvalue weighted by atomic mass is 32.1. The van der Waals surface area contributed by atoms with Crippen LogP contribution in [0.25, 0.3) is 32.2 Å². The van der Waals surface area contributed by atoms with Gasteiger partial charge in [-0.3, -0.25) is 9.59 Å². The third-order valence-electron chi connectivity index (χ3n) is 6.93. The predicted molar refractivity (Wildman–Crippen MR) is 171 cm³/mol. The van der Waals surface area contributed by atoms with Crippen molar-refractivity contribution >= 4 is 45.0 Å². The van der Waals surface area contributed by atoms with Crippen molar-refractivity contribution in [3.8, 4) is 22.3 Å². The van der Waals surface area contributed by atoms with E-state index in [2.05, 4.69) is 75.7 Å². The number of rotatable bonds is 11. The molecule has 214 valence electrons. The first-order valence-corrected chi connectivity index (χ1v) is 14.9. The van der Waals surface area contributed by atoms with Gasteiger partial charge in [0, 0.05) is 75.3 Å². The molecule has 0 aliphatic heterocycles. The van der Waals surface area contributed by atoms with Crippen LogP contribution in [0.1, 0.15) is 28.4 Å². The number of carbonyl (C=O) groups excluding carboxylic acids is 2. The molecular weight excluding hydrogens is 544 g/mol. The van der Waals surface area contributed by atoms with Crippen molar-refractivity contribution in [2.75, 3.05) is 33.4 Å². The van der Waals surface area contributed by atoms with Gasteiger partial charge in [0.1, 0.15) is 0 Å². The zero-order valence-electron chi connectivity index (χ0n) is 23.8. The molecule has 8 heteroatoms. The lowest BCUT2D eigenvalue weighted by Gasteiger charge is -2.06. The molecule has 2 amide bonds. The molecule has 0 unspecified atom stereocenters. The van der Waals surface area contributed by atoms with Crippen LogP contribution in [0.3, 0.4) is 0 Å². The first kappa shape index (κ1) is 29.1. The number of hydrogen-bond acceptors (Lipinski definition) is 5. The number of hydrogen-bond donors (Lipinski definition) is 3. The number of nitrogens with one attached hydrogen (secondary N) is 3. The highest BCUT2D eigenvalue weighted by Gasteiger charge is 2.12. The van der Waals surface area contributed by atoms with Crippen LogP contribution in [0.2, 0.25) is 0 Å². The SMILES string of the molecule is CCn1c2ccc(CNC)cc2c2ccc(-c3cc(C#CC(=O)NCCOCCNC(=O)c4ccccc4)cs3)cc21. The van der Waals surface area contributed by atoms with E-state index in [1.807, 2.05) is 36.7 Å². The van der Waals surface area contributed by atoms with Crippen molar-refractivity contribution in [1.82, 2.24) is 20.5 Å². The maximum absolute atomic E-state index is 12.2. The molecule has 0 atom stereocenters. The molecular formula is C34H34N4O3S. The van der Waals surface area contributed by atoms with Crippen molar-refractivity contribution in [1.29, 1.82) is 0 Å². The summed E-state index contributed by atoms with van der Waals surface area (Å²) in [4.78, 5) is 25.3. The summed E-state index contributed by atoms with van der Waals surface area (Å²) >= 11 is 1.62. The topological polar surface area (TPSA) is 84.4 Å². The Morgan fingerprint density at radius 1 is 0.905 bits per heavy atom. The summed E-state index contributed by atoms with van der Waals surface area (Å²) < 4.78 is 7.85. The fourth-order valence-corrected chi connectivity index (χ4v) is 5.79. The lowest BCUT2D eigenvalue weighted by molar-refractivity contribution is -0.115. The van der Waals surface area contributed by atoms with Gasteiger partial charge in [0.05, 0.1) is 13.2 Å². The third kappa shape index (κ3) is 6.89. The Morgan fingerprint density at radius 2 is 1.71 bits per heavy atom. The minimum absolute atomic E-state index is 0.136. The number of thiophene rings is 1. The van der Waals surface area contributed by atoms with Crippen LogP contribution in [-0.2, 0) is 22.6 Å². The second-order valence-corrected chi connectivity index (χ2v) is 10.7. The van der Waals surface area contributed by atoms with Gasteiger partial charge < -0.3 is 25.3 Å². The van der Waals surface area contributed by atoms with E-state index >= 15 is 0 Å². The highest BCUT2D eigenvalue weighted by Crippen LogP contribution is 2.35. The third-order valence-corrected chi connectivity index (χ3v) is 7.91. The van der Waals surface area contributed by atoms with Crippen molar-refractivity contribution in [3.63, 3.8) is 0 Å². The molecule has 3 aromatic carbocycles. The number of aromatic nitrogens is 1. The Kier molecular flexibility index (Phi) is 9.67. The number of amides is 2. The summed E-state index contributed by atoms with van der Waals surface area (Å²) in [5.74, 6) is 5.15. The van der Waals surface area contributed by atoms with Gasteiger partial charge >= 0.3 is 0 Å². The number of carbonyl (C=O) groups is 2. The number of nitrogens with zero attached hydrogens (tertiary/aromatic N) is 1. The standard InChI is InChI=1S/C34H34N4O3S/c1-3-38-30-13-9-24(22-35-2)19-29(30)28-12-11-27(21-31(28)38)32-20-25(23-42-32)10-14-33(39)36-15-17-41-18-16-37-34(40)26-7-5-4-6-8-26/h4-9,11-13,19-21,23,35H,3,15-18,22H2,1-2H3,(H,36,39)(H,37,40). The van der Waals surface area contributed by atoms with E-state index in [9.17, 15) is 9.59 Å². The maximum Gasteiger partial charge on any atom is 0.296 e. The van der Waals surface area contributed by atoms with Gasteiger partial charge in [0.25, 0.3) is 11.8 Å². The van der Waals surface area contributed by atoms with E-state index in [0.717, 1.165) is 29.1 Å². The van der Waals surface area contributed by atoms with Crippen molar-refractivity contribution in [2.24, 2.45) is 0 Å². The summed E-state index contributed by atoms with van der Waals surface area (Å²) in [7, 11) is 1.97. The minimum atomic E-state index is -0.352. The monoisotopic (exact) mass is 578 g/mol. The first-order valence-electron chi connectivity index (χ1n) is 14.1. The molecule has 0 aliphatic rings. The summed E-state index contributed by atoms with van der Waals surface area (Å²) in [6, 6.07) is 24.4. The van der Waals surface area contributed by atoms with Crippen LogP contribution >= 0.6 is 11.3 Å². The second-order valence-electron chi connectivity index (χ2n) is 9.80. The van der Waals surface area contributed by atoms with E-state index in [1.165, 1.54) is 27.4 Å². The maximum atomic E-state index is 12.2. The molecule has 42 heavy (non-hydrogen) atoms. The smallest absolute Gasteiger partial charge is 0.296 e. The quantitative estimate of drug-likeness (QED) is 0.149. The van der Waals surface area contributed by atoms with Crippen LogP contribution < -0.4 is 16.0 Å². The van der Waals surface area contributed by atoms with E-state index in [0.29, 0.717) is 31.9 Å². The highest BCUT2D eigenvalue weighted by molar-refractivity contribution is 7.13. The molecule has 2 heterocycles. The van der Waals surface area contributed by atoms with Crippen molar-refractivity contribution in [2.45, 2.75) is 20.0 Å². The number of benzene rings is 3. The summed E-state index contributed by atoms with van der Waals surface area (Å²) in [6.07, 6.45) is 0. The molecule has 0 radical (unpaired) electrons. The van der Waals surface area contributed by atoms with Crippen LogP contribution in [0.15, 0.2) is 78.2 Å². The van der Waals surface area contributed by atoms with Crippen LogP contribution in [0, 0.1) is 11.8 Å². The lowest BCUT2D eigenvalue weighted by atomic mass is 10.1. The molecule has 0 spiro atoms. The number of aryl methyl sites for hydroxylation is 1. The average molecular weight is 579 g/mol. The Hall–Kier alpha value is -4.42. The van der Waals surface area contributed by atoms with E-state index < -0.39 is 0 Å². The Labute approximate surface area is 249 Å². The molecule has 5 rings (SSSR count). The Bertz CT molecular complexity index is 1760. The number of ether oxygens (including phenoxy) is 1.